The number of nitrogens with zero attached hydrogens (tertiary/aromatic N) is 1. The molecule has 0 radical (unpaired) electrons. The number of methoxy groups -OCH3 is 2. The summed E-state index contributed by atoms with van der Waals surface area (Å²) in [6.45, 7) is 5.92. The molecule has 0 bridgehead atoms. The highest BCUT2D eigenvalue weighted by Gasteiger charge is 2.40. The van der Waals surface area contributed by atoms with E-state index in [0.29, 0.717) is 19.4 Å². The fraction of sp³-hybridized carbons (Fsp3) is 0.485. The van der Waals surface area contributed by atoms with Crippen molar-refractivity contribution in [1.82, 2.24) is 4.90 Å². The van der Waals surface area contributed by atoms with E-state index in [1.165, 1.54) is 10.5 Å². The molecule has 0 spiro atoms. The van der Waals surface area contributed by atoms with Gasteiger partial charge in [-0.1, -0.05) is 51.1 Å². The van der Waals surface area contributed by atoms with Crippen molar-refractivity contribution in [1.29, 1.82) is 0 Å². The average Bonchev–Trinajstić information content (AvgIpc) is 2.98. The number of piperidine rings is 1. The second kappa shape index (κ2) is 14.7. The Hall–Kier alpha value is -3.61. The van der Waals surface area contributed by atoms with Gasteiger partial charge in [0.25, 0.3) is 5.91 Å². The summed E-state index contributed by atoms with van der Waals surface area (Å²) in [6, 6.07) is 13.4. The predicted molar refractivity (Wildman–Crippen MR) is 156 cm³/mol. The molecule has 2 aromatic carbocycles. The number of Topliss-reactive ketones (excluding diaryl/α,β-unsaturated/α-hetero) is 1. The van der Waals surface area contributed by atoms with Crippen LogP contribution in [0.5, 0.6) is 11.5 Å². The molecule has 1 heterocycles. The van der Waals surface area contributed by atoms with Crippen LogP contribution in [-0.2, 0) is 32.0 Å². The third kappa shape index (κ3) is 8.20. The number of rotatable bonds is 13. The number of carbonyl (C=O) groups is 3. The minimum Gasteiger partial charge on any atom is -0.497 e. The monoisotopic (exact) mass is 549 g/mol. The molecule has 40 heavy (non-hydrogen) atoms. The number of esters is 1. The SMILES string of the molecule is CCC(C)(C)C(=O)C(=O)N1CCCC[C@H]1C(=O)OC/C=C/c1cccc(CCCc2cc(OC)ccc2OC)c1. The van der Waals surface area contributed by atoms with Gasteiger partial charge in [0.1, 0.15) is 24.1 Å². The molecule has 7 nitrogen and oxygen atoms in total. The minimum absolute atomic E-state index is 0.103. The molecule has 216 valence electrons. The second-order valence-corrected chi connectivity index (χ2v) is 10.9. The number of benzene rings is 2. The van der Waals surface area contributed by atoms with Gasteiger partial charge in [-0.15, -0.1) is 0 Å². The molecule has 0 N–H and O–H groups in total. The van der Waals surface area contributed by atoms with Gasteiger partial charge in [0.05, 0.1) is 14.2 Å². The van der Waals surface area contributed by atoms with E-state index in [4.69, 9.17) is 14.2 Å². The number of hydrogen-bond acceptors (Lipinski definition) is 6. The van der Waals surface area contributed by atoms with Crippen LogP contribution in [0.1, 0.15) is 69.6 Å². The summed E-state index contributed by atoms with van der Waals surface area (Å²) >= 11 is 0. The maximum Gasteiger partial charge on any atom is 0.329 e. The maximum atomic E-state index is 12.9. The summed E-state index contributed by atoms with van der Waals surface area (Å²) in [5.74, 6) is 0.203. The number of amides is 1. The Morgan fingerprint density at radius 3 is 2.55 bits per heavy atom. The fourth-order valence-electron chi connectivity index (χ4n) is 4.82. The van der Waals surface area contributed by atoms with Crippen molar-refractivity contribution >= 4 is 23.7 Å². The summed E-state index contributed by atoms with van der Waals surface area (Å²) in [5, 5.41) is 0. The molecule has 0 aromatic heterocycles. The van der Waals surface area contributed by atoms with Crippen LogP contribution in [0.15, 0.2) is 48.5 Å². The van der Waals surface area contributed by atoms with Crippen LogP contribution >= 0.6 is 0 Å². The van der Waals surface area contributed by atoms with E-state index in [1.807, 2.05) is 43.3 Å². The molecular formula is C33H43NO6. The zero-order valence-corrected chi connectivity index (χ0v) is 24.5. The van der Waals surface area contributed by atoms with Crippen molar-refractivity contribution < 1.29 is 28.6 Å². The quantitative estimate of drug-likeness (QED) is 0.231. The number of aryl methyl sites for hydroxylation is 2. The lowest BCUT2D eigenvalue weighted by molar-refractivity contribution is -0.160. The van der Waals surface area contributed by atoms with Gasteiger partial charge < -0.3 is 19.1 Å². The third-order valence-electron chi connectivity index (χ3n) is 7.71. The van der Waals surface area contributed by atoms with Crippen LogP contribution in [0.25, 0.3) is 6.08 Å². The van der Waals surface area contributed by atoms with Gasteiger partial charge in [-0.2, -0.15) is 0 Å². The van der Waals surface area contributed by atoms with Gasteiger partial charge in [-0.3, -0.25) is 9.59 Å². The second-order valence-electron chi connectivity index (χ2n) is 10.9. The van der Waals surface area contributed by atoms with Crippen molar-refractivity contribution in [2.24, 2.45) is 5.41 Å². The largest absolute Gasteiger partial charge is 0.497 e. The fourth-order valence-corrected chi connectivity index (χ4v) is 4.82. The number of carbonyl (C=O) groups excluding carboxylic acids is 3. The Bertz CT molecular complexity index is 1200. The first kappa shape index (κ1) is 30.9. The Balaban J connectivity index is 1.52. The predicted octanol–water partition coefficient (Wildman–Crippen LogP) is 5.82. The molecular weight excluding hydrogens is 506 g/mol. The van der Waals surface area contributed by atoms with E-state index >= 15 is 0 Å². The molecule has 1 atom stereocenters. The topological polar surface area (TPSA) is 82.1 Å². The van der Waals surface area contributed by atoms with Gasteiger partial charge in [-0.25, -0.2) is 4.79 Å². The van der Waals surface area contributed by atoms with Crippen LogP contribution in [0.3, 0.4) is 0 Å². The van der Waals surface area contributed by atoms with Gasteiger partial charge in [0, 0.05) is 12.0 Å². The van der Waals surface area contributed by atoms with Crippen molar-refractivity contribution in [2.75, 3.05) is 27.4 Å². The lowest BCUT2D eigenvalue weighted by atomic mass is 9.84. The average molecular weight is 550 g/mol. The van der Waals surface area contributed by atoms with Crippen LogP contribution in [0, 0.1) is 5.41 Å². The summed E-state index contributed by atoms with van der Waals surface area (Å²) in [7, 11) is 3.34. The zero-order valence-electron chi connectivity index (χ0n) is 24.5. The highest BCUT2D eigenvalue weighted by Crippen LogP contribution is 2.27. The highest BCUT2D eigenvalue weighted by molar-refractivity contribution is 6.38. The molecule has 0 unspecified atom stereocenters. The normalized spacial score (nSPS) is 15.6. The lowest BCUT2D eigenvalue weighted by Crippen LogP contribution is -2.53. The third-order valence-corrected chi connectivity index (χ3v) is 7.71. The smallest absolute Gasteiger partial charge is 0.329 e. The van der Waals surface area contributed by atoms with Crippen molar-refractivity contribution in [2.45, 2.75) is 71.8 Å². The van der Waals surface area contributed by atoms with Crippen LogP contribution < -0.4 is 9.47 Å². The highest BCUT2D eigenvalue weighted by atomic mass is 16.5. The van der Waals surface area contributed by atoms with Crippen molar-refractivity contribution in [3.05, 3.63) is 65.2 Å². The summed E-state index contributed by atoms with van der Waals surface area (Å²) in [6.07, 6.45) is 9.15. The summed E-state index contributed by atoms with van der Waals surface area (Å²) < 4.78 is 16.3. The van der Waals surface area contributed by atoms with Gasteiger partial charge >= 0.3 is 5.97 Å². The van der Waals surface area contributed by atoms with Crippen molar-refractivity contribution in [3.63, 3.8) is 0 Å². The lowest BCUT2D eigenvalue weighted by Gasteiger charge is -2.35. The van der Waals surface area contributed by atoms with E-state index < -0.39 is 29.1 Å². The van der Waals surface area contributed by atoms with E-state index in [1.54, 1.807) is 34.1 Å². The standard InChI is InChI=1S/C33H43NO6/c1-6-33(2,3)30(35)31(36)34-20-8-7-17-28(34)32(37)40-21-11-15-25-13-9-12-24(22-25)14-10-16-26-23-27(38-4)18-19-29(26)39-5/h9,11-13,15,18-19,22-23,28H,6-8,10,14,16-17,20-21H2,1-5H3/b15-11+/t28-/m0/s1. The first-order valence-corrected chi connectivity index (χ1v) is 14.2. The molecule has 7 heteroatoms. The number of likely N-dealkylation sites (tertiary alicyclic amines) is 1. The minimum atomic E-state index is -0.748. The van der Waals surface area contributed by atoms with Crippen molar-refractivity contribution in [3.8, 4) is 11.5 Å². The van der Waals surface area contributed by atoms with E-state index in [0.717, 1.165) is 54.7 Å². The molecule has 1 fully saturated rings. The number of hydrogen-bond donors (Lipinski definition) is 0. The summed E-state index contributed by atoms with van der Waals surface area (Å²) in [4.78, 5) is 39.9. The van der Waals surface area contributed by atoms with E-state index in [-0.39, 0.29) is 6.61 Å². The molecule has 1 aliphatic rings. The van der Waals surface area contributed by atoms with Gasteiger partial charge in [0.2, 0.25) is 5.78 Å². The molecule has 0 aliphatic carbocycles. The molecule has 0 saturated carbocycles. The van der Waals surface area contributed by atoms with Crippen LogP contribution in [0.4, 0.5) is 0 Å². The molecule has 1 saturated heterocycles. The first-order valence-electron chi connectivity index (χ1n) is 14.2. The van der Waals surface area contributed by atoms with Gasteiger partial charge in [-0.05, 0) is 85.9 Å². The van der Waals surface area contributed by atoms with Crippen LogP contribution in [0.2, 0.25) is 0 Å². The Labute approximate surface area is 238 Å². The van der Waals surface area contributed by atoms with Gasteiger partial charge in [0.15, 0.2) is 0 Å². The number of ketones is 1. The molecule has 1 amide bonds. The Morgan fingerprint density at radius 1 is 1.02 bits per heavy atom. The molecule has 3 rings (SSSR count). The Morgan fingerprint density at radius 2 is 1.82 bits per heavy atom. The van der Waals surface area contributed by atoms with E-state index in [9.17, 15) is 14.4 Å². The molecule has 1 aliphatic heterocycles. The van der Waals surface area contributed by atoms with Crippen LogP contribution in [-0.4, -0.2) is 56.0 Å². The molecule has 2 aromatic rings. The maximum absolute atomic E-state index is 12.9. The first-order chi connectivity index (χ1) is 19.2. The summed E-state index contributed by atoms with van der Waals surface area (Å²) in [5.41, 5.74) is 2.62. The van der Waals surface area contributed by atoms with E-state index in [2.05, 4.69) is 12.1 Å². The number of ether oxygens (including phenoxy) is 3. The zero-order chi connectivity index (χ0) is 29.1. The Kier molecular flexibility index (Phi) is 11.4.